The van der Waals surface area contributed by atoms with Gasteiger partial charge in [0, 0.05) is 6.42 Å². The molecule has 1 amide bonds. The van der Waals surface area contributed by atoms with E-state index in [0.717, 1.165) is 89.9 Å². The maximum atomic E-state index is 13.4. The minimum absolute atomic E-state index is 0.0661. The first-order valence-electron chi connectivity index (χ1n) is 32.4. The van der Waals surface area contributed by atoms with Crippen LogP contribution in [-0.4, -0.2) is 99.6 Å². The number of rotatable bonds is 54. The second kappa shape index (κ2) is 55.4. The summed E-state index contributed by atoms with van der Waals surface area (Å²) in [5, 5.41) is 57.0. The van der Waals surface area contributed by atoms with Crippen molar-refractivity contribution in [3.05, 3.63) is 85.1 Å². The van der Waals surface area contributed by atoms with Crippen LogP contribution in [0.4, 0.5) is 0 Å². The summed E-state index contributed by atoms with van der Waals surface area (Å²) in [7, 11) is 0. The molecule has 79 heavy (non-hydrogen) atoms. The molecule has 1 aliphatic heterocycles. The van der Waals surface area contributed by atoms with E-state index in [9.17, 15) is 35.1 Å². The second-order valence-corrected chi connectivity index (χ2v) is 22.1. The van der Waals surface area contributed by atoms with E-state index in [4.69, 9.17) is 14.2 Å². The monoisotopic (exact) mass is 1110 g/mol. The Balaban J connectivity index is 2.66. The Bertz CT molecular complexity index is 1610. The number of allylic oxidation sites excluding steroid dienone is 13. The van der Waals surface area contributed by atoms with Crippen molar-refractivity contribution in [1.29, 1.82) is 0 Å². The first-order chi connectivity index (χ1) is 38.7. The number of aliphatic hydroxyl groups is 5. The van der Waals surface area contributed by atoms with E-state index in [-0.39, 0.29) is 19.4 Å². The molecule has 0 radical (unpaired) electrons. The molecule has 8 atom stereocenters. The molecule has 11 nitrogen and oxygen atoms in total. The van der Waals surface area contributed by atoms with Gasteiger partial charge in [0.1, 0.15) is 24.4 Å². The van der Waals surface area contributed by atoms with Crippen molar-refractivity contribution in [2.75, 3.05) is 13.2 Å². The smallest absolute Gasteiger partial charge is 0.306 e. The van der Waals surface area contributed by atoms with Crippen LogP contribution in [0.3, 0.4) is 0 Å². The number of ether oxygens (including phenoxy) is 3. The number of hydrogen-bond donors (Lipinski definition) is 6. The fourth-order valence-electron chi connectivity index (χ4n) is 9.71. The van der Waals surface area contributed by atoms with Crippen LogP contribution in [0.25, 0.3) is 0 Å². The van der Waals surface area contributed by atoms with Crippen LogP contribution in [0, 0.1) is 0 Å². The average molecular weight is 1110 g/mol. The lowest BCUT2D eigenvalue weighted by Crippen LogP contribution is -2.61. The van der Waals surface area contributed by atoms with Gasteiger partial charge in [-0.05, 0) is 77.0 Å². The van der Waals surface area contributed by atoms with Crippen LogP contribution in [0.5, 0.6) is 0 Å². The molecule has 0 aromatic carbocycles. The highest BCUT2D eigenvalue weighted by atomic mass is 16.7. The zero-order chi connectivity index (χ0) is 57.5. The van der Waals surface area contributed by atoms with E-state index in [1.165, 1.54) is 135 Å². The zero-order valence-corrected chi connectivity index (χ0v) is 50.5. The summed E-state index contributed by atoms with van der Waals surface area (Å²) in [6, 6.07) is -1.03. The third-order valence-corrected chi connectivity index (χ3v) is 14.8. The van der Waals surface area contributed by atoms with Gasteiger partial charge in [0.25, 0.3) is 0 Å². The summed E-state index contributed by atoms with van der Waals surface area (Å²) in [4.78, 5) is 26.6. The molecule has 1 fully saturated rings. The topological polar surface area (TPSA) is 175 Å². The van der Waals surface area contributed by atoms with Gasteiger partial charge in [-0.2, -0.15) is 0 Å². The molecule has 11 heteroatoms. The molecule has 0 spiro atoms. The molecule has 1 saturated heterocycles. The highest BCUT2D eigenvalue weighted by molar-refractivity contribution is 5.80. The summed E-state index contributed by atoms with van der Waals surface area (Å²) < 4.78 is 17.6. The molecular formula is C68H119NO10. The summed E-state index contributed by atoms with van der Waals surface area (Å²) in [6.07, 6.45) is 62.0. The second-order valence-electron chi connectivity index (χ2n) is 22.1. The molecule has 1 aliphatic rings. The average Bonchev–Trinajstić information content (AvgIpc) is 3.47. The van der Waals surface area contributed by atoms with Gasteiger partial charge in [0.2, 0.25) is 5.91 Å². The van der Waals surface area contributed by atoms with Crippen molar-refractivity contribution in [3.63, 3.8) is 0 Å². The Morgan fingerprint density at radius 1 is 0.506 bits per heavy atom. The summed E-state index contributed by atoms with van der Waals surface area (Å²) in [6.45, 7) is 5.66. The number of carbonyl (C=O) groups excluding carboxylic acids is 2. The van der Waals surface area contributed by atoms with E-state index in [0.29, 0.717) is 12.8 Å². The van der Waals surface area contributed by atoms with Crippen molar-refractivity contribution in [1.82, 2.24) is 5.32 Å². The lowest BCUT2D eigenvalue weighted by molar-refractivity contribution is -0.305. The molecule has 0 saturated carbocycles. The van der Waals surface area contributed by atoms with Crippen molar-refractivity contribution in [2.45, 2.75) is 320 Å². The van der Waals surface area contributed by atoms with Crippen LogP contribution in [-0.2, 0) is 23.8 Å². The van der Waals surface area contributed by atoms with Crippen molar-refractivity contribution in [2.24, 2.45) is 0 Å². The standard InChI is InChI=1S/C68H119NO10/c1-4-7-10-13-16-19-22-24-26-28-30-31-32-34-36-38-41-44-47-50-53-56-63(73)79-66-65(75)64(74)62(57-70)78-68(66)77-58-59(60(71)54-51-48-45-42-39-21-18-15-12-9-6-3)69-67(76)61(72)55-52-49-46-43-40-37-35-33-29-27-25-23-20-17-14-11-8-5-2/h7,10,16,19,24,26,30-31,34,36,41,44,51,54,59-62,64-66,68,70-72,74-75H,4-6,8-9,11-15,17-18,20-23,25,27-29,32-33,35,37-40,42-43,45-50,52-53,55-58H2,1-3H3,(H,69,76)/b10-7-,19-16-,26-24-,31-30-,36-34-,44-41-,54-51+. The van der Waals surface area contributed by atoms with Gasteiger partial charge in [-0.15, -0.1) is 0 Å². The number of aliphatic hydroxyl groups excluding tert-OH is 5. The minimum Gasteiger partial charge on any atom is -0.454 e. The molecule has 1 heterocycles. The van der Waals surface area contributed by atoms with E-state index < -0.39 is 67.4 Å². The predicted molar refractivity (Wildman–Crippen MR) is 329 cm³/mol. The van der Waals surface area contributed by atoms with Gasteiger partial charge >= 0.3 is 5.97 Å². The largest absolute Gasteiger partial charge is 0.454 e. The van der Waals surface area contributed by atoms with Crippen LogP contribution in [0.15, 0.2) is 85.1 Å². The van der Waals surface area contributed by atoms with Gasteiger partial charge in [-0.3, -0.25) is 9.59 Å². The number of carbonyl (C=O) groups is 2. The molecule has 8 unspecified atom stereocenters. The van der Waals surface area contributed by atoms with Gasteiger partial charge in [-0.1, -0.05) is 273 Å². The van der Waals surface area contributed by atoms with Gasteiger partial charge < -0.3 is 45.1 Å². The third-order valence-electron chi connectivity index (χ3n) is 14.8. The number of hydrogen-bond acceptors (Lipinski definition) is 10. The molecular weight excluding hydrogens is 991 g/mol. The molecule has 0 aliphatic carbocycles. The molecule has 0 aromatic rings. The predicted octanol–water partition coefficient (Wildman–Crippen LogP) is 15.7. The lowest BCUT2D eigenvalue weighted by atomic mass is 9.99. The minimum atomic E-state index is -1.64. The Morgan fingerprint density at radius 2 is 0.911 bits per heavy atom. The van der Waals surface area contributed by atoms with E-state index >= 15 is 0 Å². The third kappa shape index (κ3) is 43.2. The molecule has 1 rings (SSSR count). The number of nitrogens with one attached hydrogen (secondary N) is 1. The normalized spacial score (nSPS) is 19.4. The summed E-state index contributed by atoms with van der Waals surface area (Å²) in [5.41, 5.74) is 0. The van der Waals surface area contributed by atoms with Gasteiger partial charge in [0.15, 0.2) is 12.4 Å². The zero-order valence-electron chi connectivity index (χ0n) is 50.5. The fraction of sp³-hybridized carbons (Fsp3) is 0.765. The van der Waals surface area contributed by atoms with Crippen molar-refractivity contribution >= 4 is 11.9 Å². The number of amides is 1. The van der Waals surface area contributed by atoms with E-state index in [1.54, 1.807) is 6.08 Å². The maximum Gasteiger partial charge on any atom is 0.306 e. The molecule has 456 valence electrons. The number of esters is 1. The van der Waals surface area contributed by atoms with E-state index in [2.05, 4.69) is 99.0 Å². The lowest BCUT2D eigenvalue weighted by Gasteiger charge is -2.41. The Hall–Kier alpha value is -3.16. The Labute approximate surface area is 483 Å². The van der Waals surface area contributed by atoms with Gasteiger partial charge in [-0.25, -0.2) is 0 Å². The van der Waals surface area contributed by atoms with Crippen LogP contribution in [0.2, 0.25) is 0 Å². The highest BCUT2D eigenvalue weighted by Crippen LogP contribution is 2.26. The highest BCUT2D eigenvalue weighted by Gasteiger charge is 2.47. The summed E-state index contributed by atoms with van der Waals surface area (Å²) >= 11 is 0. The van der Waals surface area contributed by atoms with Gasteiger partial charge in [0.05, 0.1) is 25.4 Å². The maximum absolute atomic E-state index is 13.4. The Morgan fingerprint density at radius 3 is 1.37 bits per heavy atom. The molecule has 0 bridgehead atoms. The summed E-state index contributed by atoms with van der Waals surface area (Å²) in [5.74, 6) is -1.24. The van der Waals surface area contributed by atoms with E-state index in [1.807, 2.05) is 6.08 Å². The van der Waals surface area contributed by atoms with Crippen LogP contribution >= 0.6 is 0 Å². The first kappa shape index (κ1) is 73.9. The van der Waals surface area contributed by atoms with Crippen LogP contribution < -0.4 is 5.32 Å². The van der Waals surface area contributed by atoms with Crippen molar-refractivity contribution < 1.29 is 49.3 Å². The van der Waals surface area contributed by atoms with Crippen molar-refractivity contribution in [3.8, 4) is 0 Å². The fourth-order valence-corrected chi connectivity index (χ4v) is 9.71. The molecule has 0 aromatic heterocycles. The Kier molecular flexibility index (Phi) is 51.8. The number of unbranched alkanes of at least 4 members (excludes halogenated alkanes) is 28. The van der Waals surface area contributed by atoms with Crippen LogP contribution in [0.1, 0.15) is 271 Å². The molecule has 6 N–H and O–H groups in total. The SMILES string of the molecule is CC/C=C\C/C=C\C/C=C\C/C=C\C/C=C\C/C=C\CCCCC(=O)OC1C(OCC(NC(=O)C(O)CCCCCCCCCCCCCCCCCCCC)C(O)/C=C/CCCCCCCCCCC)OC(CO)C(O)C1O. The first-order valence-corrected chi connectivity index (χ1v) is 32.4. The quantitative estimate of drug-likeness (QED) is 0.0195.